The number of ether oxygens (including phenoxy) is 1. The molecule has 1 aliphatic heterocycles. The van der Waals surface area contributed by atoms with Crippen LogP contribution in [0.15, 0.2) is 65.7 Å². The molecule has 0 N–H and O–H groups in total. The van der Waals surface area contributed by atoms with Gasteiger partial charge in [0.1, 0.15) is 11.4 Å². The van der Waals surface area contributed by atoms with E-state index >= 15 is 0 Å². The average molecular weight is 432 g/mol. The van der Waals surface area contributed by atoms with E-state index in [1.54, 1.807) is 23.1 Å². The smallest absolute Gasteiger partial charge is 0.411 e. The zero-order valence-electron chi connectivity index (χ0n) is 15.5. The molecular weight excluding hydrogens is 409 g/mol. The molecule has 0 saturated carbocycles. The van der Waals surface area contributed by atoms with Gasteiger partial charge in [0.05, 0.1) is 6.04 Å². The van der Waals surface area contributed by atoms with Crippen molar-refractivity contribution in [2.75, 3.05) is 0 Å². The summed E-state index contributed by atoms with van der Waals surface area (Å²) in [6.07, 6.45) is 2.47. The minimum atomic E-state index is -0.818. The van der Waals surface area contributed by atoms with Crippen LogP contribution in [0.1, 0.15) is 43.9 Å². The minimum absolute atomic E-state index is 0.0464. The van der Waals surface area contributed by atoms with E-state index in [0.29, 0.717) is 12.8 Å². The fraction of sp³-hybridized carbons (Fsp3) is 0.318. The molecule has 1 heterocycles. The number of hydrogen-bond acceptors (Lipinski definition) is 2. The average Bonchev–Trinajstić information content (AvgIpc) is 2.62. The summed E-state index contributed by atoms with van der Waals surface area (Å²) in [5.41, 5.74) is 1.02. The second kappa shape index (κ2) is 7.85. The lowest BCUT2D eigenvalue weighted by atomic mass is 9.82. The Labute approximate surface area is 168 Å². The quantitative estimate of drug-likeness (QED) is 0.515. The van der Waals surface area contributed by atoms with Crippen LogP contribution in [0.2, 0.25) is 0 Å². The van der Waals surface area contributed by atoms with Gasteiger partial charge >= 0.3 is 6.09 Å². The molecule has 27 heavy (non-hydrogen) atoms. The van der Waals surface area contributed by atoms with Crippen molar-refractivity contribution in [2.45, 2.75) is 44.4 Å². The van der Waals surface area contributed by atoms with Gasteiger partial charge in [0.2, 0.25) is 0 Å². The van der Waals surface area contributed by atoms with E-state index in [1.807, 2.05) is 38.1 Å². The third-order valence-electron chi connectivity index (χ3n) is 5.21. The predicted octanol–water partition coefficient (Wildman–Crippen LogP) is 6.35. The van der Waals surface area contributed by atoms with Crippen molar-refractivity contribution in [3.05, 3.63) is 82.6 Å². The van der Waals surface area contributed by atoms with Crippen LogP contribution in [-0.2, 0) is 10.3 Å². The third kappa shape index (κ3) is 3.93. The summed E-state index contributed by atoms with van der Waals surface area (Å²) in [6, 6.07) is 13.9. The highest BCUT2D eigenvalue weighted by Gasteiger charge is 2.46. The fourth-order valence-electron chi connectivity index (χ4n) is 3.87. The van der Waals surface area contributed by atoms with E-state index in [0.717, 1.165) is 15.6 Å². The van der Waals surface area contributed by atoms with Gasteiger partial charge in [0.25, 0.3) is 0 Å². The van der Waals surface area contributed by atoms with E-state index < -0.39 is 5.60 Å². The first-order valence-corrected chi connectivity index (χ1v) is 9.79. The number of rotatable bonds is 5. The molecule has 0 aliphatic carbocycles. The number of halogens is 2. The van der Waals surface area contributed by atoms with Crippen LogP contribution in [-0.4, -0.2) is 17.0 Å². The molecule has 3 nitrogen and oxygen atoms in total. The van der Waals surface area contributed by atoms with Gasteiger partial charge < -0.3 is 4.74 Å². The molecule has 1 amide bonds. The Balaban J connectivity index is 1.90. The van der Waals surface area contributed by atoms with E-state index in [2.05, 4.69) is 22.5 Å². The van der Waals surface area contributed by atoms with E-state index in [-0.39, 0.29) is 24.0 Å². The molecule has 1 saturated heterocycles. The van der Waals surface area contributed by atoms with Crippen LogP contribution >= 0.6 is 15.9 Å². The largest absolute Gasteiger partial charge is 0.437 e. The van der Waals surface area contributed by atoms with Crippen LogP contribution in [0.5, 0.6) is 0 Å². The van der Waals surface area contributed by atoms with Crippen LogP contribution in [0.3, 0.4) is 0 Å². The van der Waals surface area contributed by atoms with Crippen LogP contribution < -0.4 is 0 Å². The number of carbonyl (C=O) groups is 1. The second-order valence-electron chi connectivity index (χ2n) is 7.05. The van der Waals surface area contributed by atoms with Crippen LogP contribution in [0.4, 0.5) is 9.18 Å². The van der Waals surface area contributed by atoms with Crippen LogP contribution in [0, 0.1) is 5.82 Å². The maximum Gasteiger partial charge on any atom is 0.411 e. The van der Waals surface area contributed by atoms with Crippen molar-refractivity contribution >= 4 is 22.0 Å². The standard InChI is InChI=1S/C22H23BrFNO2/c1-4-13-22(18-7-11-20(24)12-8-18)14-15(2)25(21(26)27-22)16(3)17-5-9-19(23)10-6-17/h4-12,15-16H,1,13-14H2,2-3H3/t15-,16-,22-/m0/s1. The number of amides is 1. The van der Waals surface area contributed by atoms with Crippen molar-refractivity contribution in [3.8, 4) is 0 Å². The summed E-state index contributed by atoms with van der Waals surface area (Å²) >= 11 is 3.44. The lowest BCUT2D eigenvalue weighted by Gasteiger charge is -2.47. The molecule has 1 fully saturated rings. The fourth-order valence-corrected chi connectivity index (χ4v) is 4.13. The van der Waals surface area contributed by atoms with Gasteiger partial charge in [-0.2, -0.15) is 0 Å². The van der Waals surface area contributed by atoms with Gasteiger partial charge in [-0.25, -0.2) is 9.18 Å². The number of benzene rings is 2. The molecule has 0 spiro atoms. The van der Waals surface area contributed by atoms with E-state index in [1.165, 1.54) is 12.1 Å². The highest BCUT2D eigenvalue weighted by atomic mass is 79.9. The van der Waals surface area contributed by atoms with E-state index in [9.17, 15) is 9.18 Å². The highest BCUT2D eigenvalue weighted by Crippen LogP contribution is 2.42. The molecule has 0 unspecified atom stereocenters. The Kier molecular flexibility index (Phi) is 5.70. The summed E-state index contributed by atoms with van der Waals surface area (Å²) in [5.74, 6) is -0.312. The maximum atomic E-state index is 13.4. The Hall–Kier alpha value is -2.14. The van der Waals surface area contributed by atoms with Gasteiger partial charge in [0.15, 0.2) is 0 Å². The second-order valence-corrected chi connectivity index (χ2v) is 7.97. The highest BCUT2D eigenvalue weighted by molar-refractivity contribution is 9.10. The molecule has 0 radical (unpaired) electrons. The van der Waals surface area contributed by atoms with Gasteiger partial charge in [0, 0.05) is 23.4 Å². The molecular formula is C22H23BrFNO2. The predicted molar refractivity (Wildman–Crippen MR) is 108 cm³/mol. The molecule has 3 atom stereocenters. The number of cyclic esters (lactones) is 1. The zero-order chi connectivity index (χ0) is 19.6. The molecule has 0 bridgehead atoms. The number of hydrogen-bond donors (Lipinski definition) is 0. The van der Waals surface area contributed by atoms with Crippen molar-refractivity contribution in [1.29, 1.82) is 0 Å². The Bertz CT molecular complexity index is 821. The summed E-state index contributed by atoms with van der Waals surface area (Å²) < 4.78 is 20.3. The van der Waals surface area contributed by atoms with Gasteiger partial charge in [-0.15, -0.1) is 6.58 Å². The molecule has 2 aromatic carbocycles. The van der Waals surface area contributed by atoms with Crippen molar-refractivity contribution in [1.82, 2.24) is 4.90 Å². The molecule has 5 heteroatoms. The van der Waals surface area contributed by atoms with Crippen molar-refractivity contribution in [2.24, 2.45) is 0 Å². The van der Waals surface area contributed by atoms with Crippen molar-refractivity contribution in [3.63, 3.8) is 0 Å². The SMILES string of the molecule is C=CC[C@@]1(c2ccc(F)cc2)C[C@H](C)N([C@@H](C)c2ccc(Br)cc2)C(=O)O1. The topological polar surface area (TPSA) is 29.5 Å². The number of carbonyl (C=O) groups excluding carboxylic acids is 1. The zero-order valence-corrected chi connectivity index (χ0v) is 17.1. The first-order chi connectivity index (χ1) is 12.9. The first-order valence-electron chi connectivity index (χ1n) is 9.00. The van der Waals surface area contributed by atoms with Gasteiger partial charge in [-0.05, 0) is 49.2 Å². The number of nitrogens with zero attached hydrogens (tertiary/aromatic N) is 1. The minimum Gasteiger partial charge on any atom is -0.437 e. The summed E-state index contributed by atoms with van der Waals surface area (Å²) in [6.45, 7) is 7.84. The monoisotopic (exact) mass is 431 g/mol. The van der Waals surface area contributed by atoms with Gasteiger partial charge in [-0.1, -0.05) is 46.3 Å². The summed E-state index contributed by atoms with van der Waals surface area (Å²) in [7, 11) is 0. The van der Waals surface area contributed by atoms with E-state index in [4.69, 9.17) is 4.74 Å². The Morgan fingerprint density at radius 3 is 2.48 bits per heavy atom. The molecule has 2 aromatic rings. The normalized spacial score (nSPS) is 23.6. The maximum absolute atomic E-state index is 13.4. The Morgan fingerprint density at radius 1 is 1.30 bits per heavy atom. The molecule has 142 valence electrons. The first kappa shape index (κ1) is 19.6. The lowest BCUT2D eigenvalue weighted by molar-refractivity contribution is -0.0785. The van der Waals surface area contributed by atoms with Gasteiger partial charge in [-0.3, -0.25) is 4.90 Å². The lowest BCUT2D eigenvalue weighted by Crippen LogP contribution is -2.53. The Morgan fingerprint density at radius 2 is 1.93 bits per heavy atom. The molecule has 0 aromatic heterocycles. The molecule has 1 aliphatic rings. The third-order valence-corrected chi connectivity index (χ3v) is 5.74. The summed E-state index contributed by atoms with van der Waals surface area (Å²) in [5, 5.41) is 0. The molecule has 3 rings (SSSR count). The summed E-state index contributed by atoms with van der Waals surface area (Å²) in [4.78, 5) is 14.8. The van der Waals surface area contributed by atoms with Crippen molar-refractivity contribution < 1.29 is 13.9 Å². The van der Waals surface area contributed by atoms with Crippen LogP contribution in [0.25, 0.3) is 0 Å².